The van der Waals surface area contributed by atoms with Crippen LogP contribution in [-0.2, 0) is 6.54 Å². The lowest BCUT2D eigenvalue weighted by Crippen LogP contribution is -2.46. The first-order valence-electron chi connectivity index (χ1n) is 10.8. The minimum atomic E-state index is 0.0561. The number of urea groups is 1. The zero-order valence-corrected chi connectivity index (χ0v) is 19.0. The number of hydrogen-bond donors (Lipinski definition) is 2. The number of rotatable bonds is 5. The van der Waals surface area contributed by atoms with Crippen molar-refractivity contribution >= 4 is 33.4 Å². The van der Waals surface area contributed by atoms with Crippen LogP contribution in [0.25, 0.3) is 5.65 Å². The van der Waals surface area contributed by atoms with Crippen LogP contribution in [0.15, 0.2) is 41.3 Å². The molecule has 162 valence electrons. The molecule has 5 rings (SSSR count). The Balaban J connectivity index is 1.37. The number of hydrogen-bond acceptors (Lipinski definition) is 5. The number of anilines is 1. The standard InChI is InChI=1S/C22H26BrN7O/c1-14-8-18(14)28-22(31)29-7-3-5-16(13-29)19-9-20(25-11-15-4-2-6-24-10-15)30-21(27-19)17(23)12-26-30/h2,4,6,9-10,12,14,16,18,25H,3,5,7-8,11,13H2,1H3,(H,28,31)/t14-,16?,18-/m1/s1. The molecule has 2 N–H and O–H groups in total. The topological polar surface area (TPSA) is 87.5 Å². The second-order valence-electron chi connectivity index (χ2n) is 8.56. The molecule has 0 radical (unpaired) electrons. The summed E-state index contributed by atoms with van der Waals surface area (Å²) in [6.45, 7) is 4.30. The van der Waals surface area contributed by atoms with Gasteiger partial charge in [0.15, 0.2) is 5.65 Å². The van der Waals surface area contributed by atoms with E-state index >= 15 is 0 Å². The molecule has 1 saturated carbocycles. The Labute approximate surface area is 189 Å². The monoisotopic (exact) mass is 483 g/mol. The smallest absolute Gasteiger partial charge is 0.317 e. The van der Waals surface area contributed by atoms with Crippen molar-refractivity contribution in [2.24, 2.45) is 5.92 Å². The lowest BCUT2D eigenvalue weighted by molar-refractivity contribution is 0.178. The molecular weight excluding hydrogens is 458 g/mol. The van der Waals surface area contributed by atoms with Crippen LogP contribution in [-0.4, -0.2) is 49.6 Å². The van der Waals surface area contributed by atoms with Crippen LogP contribution < -0.4 is 10.6 Å². The first-order valence-corrected chi connectivity index (χ1v) is 11.6. The number of nitrogens with zero attached hydrogens (tertiary/aromatic N) is 5. The van der Waals surface area contributed by atoms with Gasteiger partial charge in [-0.3, -0.25) is 4.98 Å². The molecule has 0 aromatic carbocycles. The van der Waals surface area contributed by atoms with E-state index in [0.29, 0.717) is 25.0 Å². The lowest BCUT2D eigenvalue weighted by atomic mass is 9.94. The minimum absolute atomic E-state index is 0.0561. The number of pyridine rings is 1. The van der Waals surface area contributed by atoms with Gasteiger partial charge in [0.05, 0.1) is 16.4 Å². The van der Waals surface area contributed by atoms with Gasteiger partial charge in [-0.1, -0.05) is 13.0 Å². The molecule has 3 atom stereocenters. The molecule has 0 spiro atoms. The Morgan fingerprint density at radius 2 is 2.23 bits per heavy atom. The summed E-state index contributed by atoms with van der Waals surface area (Å²) in [5.41, 5.74) is 2.86. The van der Waals surface area contributed by atoms with Gasteiger partial charge in [-0.15, -0.1) is 0 Å². The van der Waals surface area contributed by atoms with E-state index in [1.165, 1.54) is 0 Å². The van der Waals surface area contributed by atoms with Crippen LogP contribution >= 0.6 is 15.9 Å². The minimum Gasteiger partial charge on any atom is -0.366 e. The van der Waals surface area contributed by atoms with Gasteiger partial charge < -0.3 is 15.5 Å². The number of likely N-dealkylation sites (tertiary alicyclic amines) is 1. The third-order valence-electron chi connectivity index (χ3n) is 6.19. The fraction of sp³-hybridized carbons (Fsp3) is 0.455. The van der Waals surface area contributed by atoms with Gasteiger partial charge in [-0.2, -0.15) is 9.61 Å². The second kappa shape index (κ2) is 8.45. The van der Waals surface area contributed by atoms with E-state index < -0.39 is 0 Å². The summed E-state index contributed by atoms with van der Waals surface area (Å²) in [5, 5.41) is 11.1. The van der Waals surface area contributed by atoms with Crippen LogP contribution in [0, 0.1) is 5.92 Å². The van der Waals surface area contributed by atoms with Gasteiger partial charge in [0.1, 0.15) is 5.82 Å². The molecule has 31 heavy (non-hydrogen) atoms. The van der Waals surface area contributed by atoms with Gasteiger partial charge in [0, 0.05) is 50.1 Å². The van der Waals surface area contributed by atoms with Crippen molar-refractivity contribution in [3.05, 3.63) is 52.5 Å². The molecule has 1 aliphatic carbocycles. The van der Waals surface area contributed by atoms with E-state index in [-0.39, 0.29) is 11.9 Å². The van der Waals surface area contributed by atoms with Crippen molar-refractivity contribution in [2.75, 3.05) is 18.4 Å². The van der Waals surface area contributed by atoms with Crippen molar-refractivity contribution in [1.82, 2.24) is 29.8 Å². The van der Waals surface area contributed by atoms with Crippen molar-refractivity contribution < 1.29 is 4.79 Å². The Bertz CT molecular complexity index is 1090. The third kappa shape index (κ3) is 4.37. The van der Waals surface area contributed by atoms with Crippen LogP contribution in [0.1, 0.15) is 43.4 Å². The molecule has 3 aromatic heterocycles. The predicted octanol–water partition coefficient (Wildman–Crippen LogP) is 3.80. The maximum atomic E-state index is 12.7. The van der Waals surface area contributed by atoms with Crippen LogP contribution in [0.5, 0.6) is 0 Å². The molecule has 9 heteroatoms. The Hall–Kier alpha value is -2.68. The Morgan fingerprint density at radius 3 is 3.00 bits per heavy atom. The highest BCUT2D eigenvalue weighted by molar-refractivity contribution is 9.10. The summed E-state index contributed by atoms with van der Waals surface area (Å²) in [6, 6.07) is 6.43. The van der Waals surface area contributed by atoms with Gasteiger partial charge >= 0.3 is 6.03 Å². The summed E-state index contributed by atoms with van der Waals surface area (Å²) in [5.74, 6) is 1.67. The number of carbonyl (C=O) groups is 1. The number of piperidine rings is 1. The quantitative estimate of drug-likeness (QED) is 0.576. The van der Waals surface area contributed by atoms with Crippen LogP contribution in [0.2, 0.25) is 0 Å². The van der Waals surface area contributed by atoms with E-state index in [9.17, 15) is 4.79 Å². The van der Waals surface area contributed by atoms with Crippen molar-refractivity contribution in [1.29, 1.82) is 0 Å². The summed E-state index contributed by atoms with van der Waals surface area (Å²) in [7, 11) is 0. The van der Waals surface area contributed by atoms with Gasteiger partial charge in [-0.05, 0) is 52.7 Å². The largest absolute Gasteiger partial charge is 0.366 e. The fourth-order valence-corrected chi connectivity index (χ4v) is 4.51. The summed E-state index contributed by atoms with van der Waals surface area (Å²) in [4.78, 5) is 23.7. The summed E-state index contributed by atoms with van der Waals surface area (Å²) < 4.78 is 2.66. The first kappa shape index (κ1) is 20.2. The molecule has 2 amide bonds. The van der Waals surface area contributed by atoms with Crippen molar-refractivity contribution in [3.63, 3.8) is 0 Å². The van der Waals surface area contributed by atoms with Crippen LogP contribution in [0.4, 0.5) is 10.6 Å². The fourth-order valence-electron chi connectivity index (χ4n) is 4.16. The van der Waals surface area contributed by atoms with E-state index in [4.69, 9.17) is 4.98 Å². The predicted molar refractivity (Wildman–Crippen MR) is 122 cm³/mol. The molecule has 8 nitrogen and oxygen atoms in total. The molecule has 2 fully saturated rings. The maximum Gasteiger partial charge on any atom is 0.317 e. The molecule has 3 aromatic rings. The average Bonchev–Trinajstić information content (AvgIpc) is 3.36. The highest BCUT2D eigenvalue weighted by Gasteiger charge is 2.36. The van der Waals surface area contributed by atoms with Gasteiger partial charge in [-0.25, -0.2) is 9.78 Å². The zero-order chi connectivity index (χ0) is 21.4. The summed E-state index contributed by atoms with van der Waals surface area (Å²) >= 11 is 3.57. The number of carbonyl (C=O) groups excluding carboxylic acids is 1. The Kier molecular flexibility index (Phi) is 5.52. The SMILES string of the molecule is C[C@@H]1C[C@H]1NC(=O)N1CCCC(c2cc(NCc3cccnc3)n3ncc(Br)c3n2)C1. The third-order valence-corrected chi connectivity index (χ3v) is 6.75. The Morgan fingerprint density at radius 1 is 1.35 bits per heavy atom. The number of halogens is 1. The molecular formula is C22H26BrN7O. The summed E-state index contributed by atoms with van der Waals surface area (Å²) in [6.07, 6.45) is 8.46. The van der Waals surface area contributed by atoms with Gasteiger partial charge in [0.25, 0.3) is 0 Å². The van der Waals surface area contributed by atoms with Gasteiger partial charge in [0.2, 0.25) is 0 Å². The first-order chi connectivity index (χ1) is 15.1. The highest BCUT2D eigenvalue weighted by Crippen LogP contribution is 2.32. The van der Waals surface area contributed by atoms with Crippen molar-refractivity contribution in [2.45, 2.75) is 44.7 Å². The molecule has 1 saturated heterocycles. The van der Waals surface area contributed by atoms with Crippen LogP contribution in [0.3, 0.4) is 0 Å². The zero-order valence-electron chi connectivity index (χ0n) is 17.5. The molecule has 0 bridgehead atoms. The average molecular weight is 484 g/mol. The normalized spacial score (nSPS) is 23.0. The number of fused-ring (bicyclic) bond motifs is 1. The van der Waals surface area contributed by atoms with E-state index in [1.54, 1.807) is 12.4 Å². The molecule has 2 aliphatic rings. The van der Waals surface area contributed by atoms with E-state index in [2.05, 4.69) is 49.6 Å². The van der Waals surface area contributed by atoms with E-state index in [1.807, 2.05) is 27.7 Å². The molecule has 1 aliphatic heterocycles. The number of nitrogens with one attached hydrogen (secondary N) is 2. The number of amides is 2. The second-order valence-corrected chi connectivity index (χ2v) is 9.42. The maximum absolute atomic E-state index is 12.7. The van der Waals surface area contributed by atoms with Crippen molar-refractivity contribution in [3.8, 4) is 0 Å². The lowest BCUT2D eigenvalue weighted by Gasteiger charge is -2.32. The highest BCUT2D eigenvalue weighted by atomic mass is 79.9. The molecule has 4 heterocycles. The van der Waals surface area contributed by atoms with E-state index in [0.717, 1.165) is 53.0 Å². The molecule has 1 unspecified atom stereocenters. The number of aromatic nitrogens is 4.